The van der Waals surface area contributed by atoms with Crippen LogP contribution >= 0.6 is 9.24 Å². The Kier molecular flexibility index (Phi) is 2.68. The van der Waals surface area contributed by atoms with Crippen LogP contribution in [-0.2, 0) is 14.6 Å². The van der Waals surface area contributed by atoms with Gasteiger partial charge in [0, 0.05) is 0 Å². The topological polar surface area (TPSA) is 63.6 Å². The molecule has 0 aliphatic rings. The zero-order chi connectivity index (χ0) is 5.91. The van der Waals surface area contributed by atoms with E-state index in [9.17, 15) is 8.42 Å². The van der Waals surface area contributed by atoms with E-state index in [2.05, 4.69) is 4.18 Å². The smallest absolute Gasteiger partial charge is 0.264 e. The van der Waals surface area contributed by atoms with Crippen LogP contribution in [0.25, 0.3) is 0 Å². The first kappa shape index (κ1) is 7.30. The second-order valence-electron chi connectivity index (χ2n) is 0.712. The average molecular weight is 144 g/mol. The van der Waals surface area contributed by atoms with E-state index in [4.69, 9.17) is 4.55 Å². The maximum atomic E-state index is 9.55. The molecule has 4 nitrogen and oxygen atoms in total. The van der Waals surface area contributed by atoms with Gasteiger partial charge in [0.25, 0.3) is 0 Å². The van der Waals surface area contributed by atoms with Crippen LogP contribution in [0.3, 0.4) is 0 Å². The lowest BCUT2D eigenvalue weighted by atomic mass is 11.7. The van der Waals surface area contributed by atoms with E-state index in [0.29, 0.717) is 0 Å². The van der Waals surface area contributed by atoms with Gasteiger partial charge >= 0.3 is 10.4 Å². The second kappa shape index (κ2) is 2.57. The largest absolute Gasteiger partial charge is 0.397 e. The molecule has 0 aromatic heterocycles. The summed E-state index contributed by atoms with van der Waals surface area (Å²) < 4.78 is 30.6. The molecule has 7 heavy (non-hydrogen) atoms. The maximum Gasteiger partial charge on any atom is 0.397 e. The third kappa shape index (κ3) is 6.30. The highest BCUT2D eigenvalue weighted by atomic mass is 32.3. The van der Waals surface area contributed by atoms with Gasteiger partial charge in [0.15, 0.2) is 0 Å². The highest BCUT2D eigenvalue weighted by Gasteiger charge is 1.98. The van der Waals surface area contributed by atoms with Gasteiger partial charge < -0.3 is 0 Å². The summed E-state index contributed by atoms with van der Waals surface area (Å²) in [5.41, 5.74) is 0. The minimum atomic E-state index is -4.20. The summed E-state index contributed by atoms with van der Waals surface area (Å²) in [4.78, 5) is 0. The van der Waals surface area contributed by atoms with E-state index >= 15 is 0 Å². The van der Waals surface area contributed by atoms with Gasteiger partial charge in [0.1, 0.15) is 0 Å². The summed E-state index contributed by atoms with van der Waals surface area (Å²) in [6.07, 6.45) is -0.112. The molecule has 1 N–H and O–H groups in total. The lowest BCUT2D eigenvalue weighted by Gasteiger charge is -1.88. The lowest BCUT2D eigenvalue weighted by molar-refractivity contribution is 0.313. The fourth-order valence-electron chi connectivity index (χ4n) is 0.0860. The van der Waals surface area contributed by atoms with Crippen LogP contribution in [0.1, 0.15) is 0 Å². The van der Waals surface area contributed by atoms with Crippen LogP contribution in [-0.4, -0.2) is 19.3 Å². The predicted octanol–water partition coefficient (Wildman–Crippen LogP) is -0.362. The highest BCUT2D eigenvalue weighted by molar-refractivity contribution is 7.81. The molecule has 0 aromatic rings. The molecule has 0 spiro atoms. The molecule has 44 valence electrons. The monoisotopic (exact) mass is 144 g/mol. The van der Waals surface area contributed by atoms with Crippen molar-refractivity contribution < 1.29 is 17.2 Å². The predicted molar refractivity (Wildman–Crippen MR) is 27.2 cm³/mol. The first-order valence-corrected chi connectivity index (χ1v) is 3.56. The standard InChI is InChI=1S/CH5O4PS/c2-7(3,4)5-1-6/h1,6H2,(H,2,3,4). The zero-order valence-electron chi connectivity index (χ0n) is 3.36. The van der Waals surface area contributed by atoms with Crippen molar-refractivity contribution >= 4 is 19.6 Å². The van der Waals surface area contributed by atoms with Crippen molar-refractivity contribution in [3.05, 3.63) is 0 Å². The van der Waals surface area contributed by atoms with Crippen molar-refractivity contribution in [1.82, 2.24) is 0 Å². The first-order valence-electron chi connectivity index (χ1n) is 1.38. The van der Waals surface area contributed by atoms with E-state index in [1.807, 2.05) is 9.24 Å². The van der Waals surface area contributed by atoms with Crippen LogP contribution in [0.15, 0.2) is 0 Å². The van der Waals surface area contributed by atoms with Crippen molar-refractivity contribution in [2.45, 2.75) is 0 Å². The molecule has 0 saturated carbocycles. The number of hydrogen-bond donors (Lipinski definition) is 1. The molecule has 1 unspecified atom stereocenters. The Balaban J connectivity index is 3.60. The van der Waals surface area contributed by atoms with Gasteiger partial charge in [-0.1, -0.05) is 0 Å². The Bertz CT molecular complexity index is 125. The van der Waals surface area contributed by atoms with Gasteiger partial charge in [-0.15, -0.1) is 9.24 Å². The second-order valence-corrected chi connectivity index (χ2v) is 2.14. The zero-order valence-corrected chi connectivity index (χ0v) is 5.34. The molecule has 0 fully saturated rings. The van der Waals surface area contributed by atoms with Gasteiger partial charge in [-0.2, -0.15) is 8.42 Å². The Morgan fingerprint density at radius 2 is 2.14 bits per heavy atom. The minimum Gasteiger partial charge on any atom is -0.264 e. The van der Waals surface area contributed by atoms with Gasteiger partial charge in [0.2, 0.25) is 0 Å². The summed E-state index contributed by atoms with van der Waals surface area (Å²) in [6.45, 7) is 0. The molecule has 0 bridgehead atoms. The van der Waals surface area contributed by atoms with Crippen molar-refractivity contribution in [1.29, 1.82) is 0 Å². The molecular weight excluding hydrogens is 139 g/mol. The quantitative estimate of drug-likeness (QED) is 0.424. The third-order valence-corrected chi connectivity index (χ3v) is 1.06. The van der Waals surface area contributed by atoms with E-state index in [1.54, 1.807) is 0 Å². The molecule has 1 atom stereocenters. The van der Waals surface area contributed by atoms with Crippen molar-refractivity contribution in [2.75, 3.05) is 6.35 Å². The molecule has 0 aliphatic carbocycles. The maximum absolute atomic E-state index is 9.55. The van der Waals surface area contributed by atoms with E-state index in [0.717, 1.165) is 0 Å². The van der Waals surface area contributed by atoms with Crippen LogP contribution in [0.5, 0.6) is 0 Å². The third-order valence-electron chi connectivity index (χ3n) is 0.217. The summed E-state index contributed by atoms with van der Waals surface area (Å²) in [7, 11) is -2.21. The fourth-order valence-corrected chi connectivity index (χ4v) is 0.774. The number of rotatable bonds is 2. The van der Waals surface area contributed by atoms with E-state index in [1.165, 1.54) is 0 Å². The normalized spacial score (nSPS) is 11.7. The van der Waals surface area contributed by atoms with Crippen LogP contribution in [0.4, 0.5) is 0 Å². The molecular formula is CH5O4PS. The Hall–Kier alpha value is 0.300. The minimum absolute atomic E-state index is 0.112. The molecule has 6 heteroatoms. The van der Waals surface area contributed by atoms with Gasteiger partial charge in [-0.05, 0) is 0 Å². The van der Waals surface area contributed by atoms with Gasteiger partial charge in [-0.3, -0.25) is 4.55 Å². The molecule has 0 amide bonds. The summed E-state index contributed by atoms with van der Waals surface area (Å²) in [5, 5.41) is 0. The molecule has 0 aromatic carbocycles. The van der Waals surface area contributed by atoms with E-state index < -0.39 is 10.4 Å². The number of hydrogen-bond acceptors (Lipinski definition) is 3. The van der Waals surface area contributed by atoms with Crippen molar-refractivity contribution in [3.63, 3.8) is 0 Å². The lowest BCUT2D eigenvalue weighted by Crippen LogP contribution is -2.00. The molecule has 0 rings (SSSR count). The Morgan fingerprint density at radius 1 is 1.71 bits per heavy atom. The fraction of sp³-hybridized carbons (Fsp3) is 1.00. The molecule has 0 aliphatic heterocycles. The van der Waals surface area contributed by atoms with Gasteiger partial charge in [0.05, 0.1) is 6.35 Å². The molecule has 0 heterocycles. The summed E-state index contributed by atoms with van der Waals surface area (Å²) >= 11 is 0. The summed E-state index contributed by atoms with van der Waals surface area (Å²) in [6, 6.07) is 0. The van der Waals surface area contributed by atoms with Crippen LogP contribution < -0.4 is 0 Å². The average Bonchev–Trinajstić information content (AvgIpc) is 1.30. The Morgan fingerprint density at radius 3 is 2.14 bits per heavy atom. The van der Waals surface area contributed by atoms with Crippen molar-refractivity contribution in [3.8, 4) is 0 Å². The SMILES string of the molecule is O=S(=O)(O)OCP. The molecule has 0 radical (unpaired) electrons. The first-order chi connectivity index (χ1) is 3.06. The van der Waals surface area contributed by atoms with Gasteiger partial charge in [-0.25, -0.2) is 4.18 Å². The Labute approximate surface area is 44.0 Å². The molecule has 0 saturated heterocycles. The van der Waals surface area contributed by atoms with Crippen LogP contribution in [0.2, 0.25) is 0 Å². The van der Waals surface area contributed by atoms with Crippen molar-refractivity contribution in [2.24, 2.45) is 0 Å². The summed E-state index contributed by atoms with van der Waals surface area (Å²) in [5.74, 6) is 0. The highest BCUT2D eigenvalue weighted by Crippen LogP contribution is 1.88. The van der Waals surface area contributed by atoms with Crippen LogP contribution in [0, 0.1) is 0 Å². The van der Waals surface area contributed by atoms with E-state index in [-0.39, 0.29) is 6.35 Å².